The predicted octanol–water partition coefficient (Wildman–Crippen LogP) is 3.45. The van der Waals surface area contributed by atoms with Gasteiger partial charge in [-0.2, -0.15) is 0 Å². The average Bonchev–Trinajstić information content (AvgIpc) is 3.40. The number of benzene rings is 1. The fourth-order valence-electron chi connectivity index (χ4n) is 3.14. The first-order valence-electron chi connectivity index (χ1n) is 9.04. The van der Waals surface area contributed by atoms with E-state index in [4.69, 9.17) is 25.3 Å². The largest absolute Gasteiger partial charge is 0.461 e. The van der Waals surface area contributed by atoms with E-state index < -0.39 is 0 Å². The lowest BCUT2D eigenvalue weighted by Gasteiger charge is -2.36. The summed E-state index contributed by atoms with van der Waals surface area (Å²) in [4.78, 5) is 16.4. The molecule has 2 aromatic heterocycles. The number of carbonyl (C=O) groups is 1. The van der Waals surface area contributed by atoms with Crippen LogP contribution in [0.5, 0.6) is 0 Å². The molecule has 1 aliphatic heterocycles. The van der Waals surface area contributed by atoms with Crippen LogP contribution in [-0.4, -0.2) is 48.7 Å². The van der Waals surface area contributed by atoms with Crippen molar-refractivity contribution >= 4 is 23.2 Å². The SMILES string of the molecule is O=C(COCc1cc(-c2ccco2)on1)N1CCN(c2cccc(Cl)c2)CC1. The molecule has 1 aromatic carbocycles. The number of hydrogen-bond donors (Lipinski definition) is 0. The quantitative estimate of drug-likeness (QED) is 0.630. The summed E-state index contributed by atoms with van der Waals surface area (Å²) in [5.41, 5.74) is 1.69. The van der Waals surface area contributed by atoms with Crippen molar-refractivity contribution in [2.75, 3.05) is 37.7 Å². The van der Waals surface area contributed by atoms with Gasteiger partial charge in [0.2, 0.25) is 11.7 Å². The molecular formula is C20H20ClN3O4. The summed E-state index contributed by atoms with van der Waals surface area (Å²) in [5, 5.41) is 4.65. The number of nitrogens with zero attached hydrogens (tertiary/aromatic N) is 3. The molecule has 1 fully saturated rings. The third kappa shape index (κ3) is 4.37. The Labute approximate surface area is 167 Å². The maximum atomic E-state index is 12.4. The standard InChI is InChI=1S/C20H20ClN3O4/c21-15-3-1-4-17(11-15)23-6-8-24(9-7-23)20(25)14-26-13-16-12-19(28-22-16)18-5-2-10-27-18/h1-5,10-12H,6-9,13-14H2. The van der Waals surface area contributed by atoms with Gasteiger partial charge in [-0.25, -0.2) is 0 Å². The van der Waals surface area contributed by atoms with Gasteiger partial charge in [0.1, 0.15) is 12.3 Å². The van der Waals surface area contributed by atoms with Crippen molar-refractivity contribution in [2.24, 2.45) is 0 Å². The van der Waals surface area contributed by atoms with Crippen LogP contribution in [0, 0.1) is 0 Å². The molecular weight excluding hydrogens is 382 g/mol. The smallest absolute Gasteiger partial charge is 0.248 e. The van der Waals surface area contributed by atoms with E-state index in [9.17, 15) is 4.79 Å². The molecule has 1 saturated heterocycles. The van der Waals surface area contributed by atoms with E-state index >= 15 is 0 Å². The Bertz CT molecular complexity index is 917. The van der Waals surface area contributed by atoms with E-state index in [1.54, 1.807) is 24.5 Å². The van der Waals surface area contributed by atoms with Crippen LogP contribution in [0.15, 0.2) is 57.7 Å². The Morgan fingerprint density at radius 2 is 1.96 bits per heavy atom. The van der Waals surface area contributed by atoms with Crippen molar-refractivity contribution in [3.8, 4) is 11.5 Å². The maximum absolute atomic E-state index is 12.4. The second-order valence-electron chi connectivity index (χ2n) is 6.50. The number of halogens is 1. The van der Waals surface area contributed by atoms with Gasteiger partial charge in [-0.1, -0.05) is 22.8 Å². The summed E-state index contributed by atoms with van der Waals surface area (Å²) in [6, 6.07) is 13.1. The van der Waals surface area contributed by atoms with Crippen molar-refractivity contribution in [3.05, 3.63) is 59.4 Å². The molecule has 0 unspecified atom stereocenters. The summed E-state index contributed by atoms with van der Waals surface area (Å²) >= 11 is 6.06. The highest BCUT2D eigenvalue weighted by Gasteiger charge is 2.21. The molecule has 4 rings (SSSR count). The van der Waals surface area contributed by atoms with Crippen LogP contribution in [0.4, 0.5) is 5.69 Å². The number of furan rings is 1. The zero-order chi connectivity index (χ0) is 19.3. The first-order valence-corrected chi connectivity index (χ1v) is 9.42. The Morgan fingerprint density at radius 1 is 1.11 bits per heavy atom. The topological polar surface area (TPSA) is 71.9 Å². The highest BCUT2D eigenvalue weighted by atomic mass is 35.5. The van der Waals surface area contributed by atoms with Gasteiger partial charge in [0, 0.05) is 43.0 Å². The lowest BCUT2D eigenvalue weighted by atomic mass is 10.2. The lowest BCUT2D eigenvalue weighted by molar-refractivity contribution is -0.136. The van der Waals surface area contributed by atoms with Crippen LogP contribution in [0.25, 0.3) is 11.5 Å². The van der Waals surface area contributed by atoms with E-state index in [1.165, 1.54) is 0 Å². The van der Waals surface area contributed by atoms with Gasteiger partial charge in [0.15, 0.2) is 5.76 Å². The highest BCUT2D eigenvalue weighted by Crippen LogP contribution is 2.22. The van der Waals surface area contributed by atoms with Crippen molar-refractivity contribution in [2.45, 2.75) is 6.61 Å². The Hall–Kier alpha value is -2.77. The second kappa shape index (κ2) is 8.50. The summed E-state index contributed by atoms with van der Waals surface area (Å²) in [6.45, 7) is 3.06. The fraction of sp³-hybridized carbons (Fsp3) is 0.300. The number of hydrogen-bond acceptors (Lipinski definition) is 6. The van der Waals surface area contributed by atoms with E-state index in [2.05, 4.69) is 10.1 Å². The fourth-order valence-corrected chi connectivity index (χ4v) is 3.32. The highest BCUT2D eigenvalue weighted by molar-refractivity contribution is 6.30. The van der Waals surface area contributed by atoms with Crippen LogP contribution >= 0.6 is 11.6 Å². The first-order chi connectivity index (χ1) is 13.7. The van der Waals surface area contributed by atoms with Gasteiger partial charge in [0.05, 0.1) is 12.9 Å². The minimum absolute atomic E-state index is 0.0140. The van der Waals surface area contributed by atoms with Crippen LogP contribution in [0.2, 0.25) is 5.02 Å². The van der Waals surface area contributed by atoms with Crippen molar-refractivity contribution in [1.29, 1.82) is 0 Å². The van der Waals surface area contributed by atoms with E-state index in [-0.39, 0.29) is 19.1 Å². The number of amides is 1. The molecule has 1 aliphatic rings. The lowest BCUT2D eigenvalue weighted by Crippen LogP contribution is -2.49. The van der Waals surface area contributed by atoms with E-state index in [0.717, 1.165) is 18.8 Å². The number of ether oxygens (including phenoxy) is 1. The third-order valence-electron chi connectivity index (χ3n) is 4.60. The van der Waals surface area contributed by atoms with Crippen molar-refractivity contribution < 1.29 is 18.5 Å². The molecule has 0 N–H and O–H groups in total. The number of piperazine rings is 1. The number of rotatable bonds is 6. The predicted molar refractivity (Wildman–Crippen MR) is 104 cm³/mol. The number of anilines is 1. The minimum atomic E-state index is -0.0273. The number of aromatic nitrogens is 1. The molecule has 1 amide bonds. The molecule has 0 aliphatic carbocycles. The molecule has 0 bridgehead atoms. The molecule has 0 saturated carbocycles. The van der Waals surface area contributed by atoms with Crippen LogP contribution in [0.3, 0.4) is 0 Å². The molecule has 0 atom stereocenters. The second-order valence-corrected chi connectivity index (χ2v) is 6.94. The van der Waals surface area contributed by atoms with Crippen LogP contribution < -0.4 is 4.90 Å². The molecule has 7 nitrogen and oxygen atoms in total. The maximum Gasteiger partial charge on any atom is 0.248 e. The van der Waals surface area contributed by atoms with Crippen LogP contribution in [-0.2, 0) is 16.1 Å². The third-order valence-corrected chi connectivity index (χ3v) is 4.84. The zero-order valence-electron chi connectivity index (χ0n) is 15.2. The van der Waals surface area contributed by atoms with Gasteiger partial charge in [0.25, 0.3) is 0 Å². The summed E-state index contributed by atoms with van der Waals surface area (Å²) in [6.07, 6.45) is 1.57. The molecule has 146 valence electrons. The van der Waals surface area contributed by atoms with Gasteiger partial charge in [-0.15, -0.1) is 0 Å². The molecule has 8 heteroatoms. The Kier molecular flexibility index (Phi) is 5.64. The summed E-state index contributed by atoms with van der Waals surface area (Å²) in [7, 11) is 0. The zero-order valence-corrected chi connectivity index (χ0v) is 16.0. The molecule has 28 heavy (non-hydrogen) atoms. The minimum Gasteiger partial charge on any atom is -0.461 e. The Morgan fingerprint density at radius 3 is 2.71 bits per heavy atom. The Balaban J connectivity index is 1.22. The molecule has 3 heterocycles. The molecule has 0 radical (unpaired) electrons. The van der Waals surface area contributed by atoms with E-state index in [1.807, 2.05) is 29.2 Å². The molecule has 3 aromatic rings. The van der Waals surface area contributed by atoms with Gasteiger partial charge < -0.3 is 23.5 Å². The van der Waals surface area contributed by atoms with Gasteiger partial charge in [-0.05, 0) is 30.3 Å². The van der Waals surface area contributed by atoms with Crippen molar-refractivity contribution in [3.63, 3.8) is 0 Å². The van der Waals surface area contributed by atoms with Crippen molar-refractivity contribution in [1.82, 2.24) is 10.1 Å². The first kappa shape index (κ1) is 18.6. The monoisotopic (exact) mass is 401 g/mol. The normalized spacial score (nSPS) is 14.5. The summed E-state index contributed by atoms with van der Waals surface area (Å²) in [5.74, 6) is 1.11. The summed E-state index contributed by atoms with van der Waals surface area (Å²) < 4.78 is 16.0. The van der Waals surface area contributed by atoms with Gasteiger partial charge in [-0.3, -0.25) is 4.79 Å². The number of carbonyl (C=O) groups excluding carboxylic acids is 1. The average molecular weight is 402 g/mol. The van der Waals surface area contributed by atoms with Gasteiger partial charge >= 0.3 is 0 Å². The van der Waals surface area contributed by atoms with Crippen LogP contribution in [0.1, 0.15) is 5.69 Å². The van der Waals surface area contributed by atoms with E-state index in [0.29, 0.717) is 35.3 Å². The molecule has 0 spiro atoms.